The van der Waals surface area contributed by atoms with Crippen LogP contribution in [0.25, 0.3) is 11.5 Å². The van der Waals surface area contributed by atoms with Crippen molar-refractivity contribution in [2.45, 2.75) is 43.4 Å². The Morgan fingerprint density at radius 1 is 1.10 bits per heavy atom. The Morgan fingerprint density at radius 2 is 1.80 bits per heavy atom. The lowest BCUT2D eigenvalue weighted by molar-refractivity contribution is 0.352. The van der Waals surface area contributed by atoms with Gasteiger partial charge in [0.1, 0.15) is 6.04 Å². The van der Waals surface area contributed by atoms with Crippen molar-refractivity contribution >= 4 is 11.8 Å². The second-order valence-electron chi connectivity index (χ2n) is 6.10. The summed E-state index contributed by atoms with van der Waals surface area (Å²) in [5, 5.41) is 12.0. The maximum Gasteiger partial charge on any atom is 0.247 e. The summed E-state index contributed by atoms with van der Waals surface area (Å²) in [4.78, 5) is 0.00947. The molecular weight excluding hydrogens is 270 g/mol. The van der Waals surface area contributed by atoms with Crippen molar-refractivity contribution in [2.24, 2.45) is 0 Å². The van der Waals surface area contributed by atoms with Crippen LogP contribution < -0.4 is 5.32 Å². The minimum absolute atomic E-state index is 0.00947. The quantitative estimate of drug-likeness (QED) is 0.915. The SMILES string of the molecule is CC1(C)N[C@H](c2nnc(-c3ccccc3)o2)C(C)(C)S1. The molecule has 0 amide bonds. The predicted octanol–water partition coefficient (Wildman–Crippen LogP) is 3.63. The highest BCUT2D eigenvalue weighted by molar-refractivity contribution is 8.02. The van der Waals surface area contributed by atoms with Gasteiger partial charge in [0.25, 0.3) is 0 Å². The van der Waals surface area contributed by atoms with Crippen molar-refractivity contribution in [2.75, 3.05) is 0 Å². The van der Waals surface area contributed by atoms with Crippen molar-refractivity contribution in [1.29, 1.82) is 0 Å². The van der Waals surface area contributed by atoms with E-state index in [0.717, 1.165) is 5.56 Å². The van der Waals surface area contributed by atoms with Crippen molar-refractivity contribution in [3.8, 4) is 11.5 Å². The van der Waals surface area contributed by atoms with Crippen LogP contribution in [-0.4, -0.2) is 19.8 Å². The largest absolute Gasteiger partial charge is 0.419 e. The molecule has 1 N–H and O–H groups in total. The molecule has 1 saturated heterocycles. The summed E-state index contributed by atoms with van der Waals surface area (Å²) in [6, 6.07) is 9.92. The predicted molar refractivity (Wildman–Crippen MR) is 81.4 cm³/mol. The van der Waals surface area contributed by atoms with Crippen LogP contribution in [0.1, 0.15) is 39.6 Å². The Labute approximate surface area is 123 Å². The lowest BCUT2D eigenvalue weighted by atomic mass is 10.0. The molecule has 4 nitrogen and oxygen atoms in total. The number of nitrogens with zero attached hydrogens (tertiary/aromatic N) is 2. The molecule has 0 unspecified atom stereocenters. The van der Waals surface area contributed by atoms with Gasteiger partial charge >= 0.3 is 0 Å². The monoisotopic (exact) mass is 289 g/mol. The normalized spacial score (nSPS) is 23.9. The summed E-state index contributed by atoms with van der Waals surface area (Å²) in [5.74, 6) is 1.24. The molecule has 2 aromatic rings. The first-order chi connectivity index (χ1) is 9.37. The molecule has 1 aromatic carbocycles. The third-order valence-corrected chi connectivity index (χ3v) is 4.80. The zero-order valence-corrected chi connectivity index (χ0v) is 13.0. The highest BCUT2D eigenvalue weighted by Crippen LogP contribution is 2.50. The van der Waals surface area contributed by atoms with E-state index in [0.29, 0.717) is 11.8 Å². The van der Waals surface area contributed by atoms with Crippen LogP contribution in [0.3, 0.4) is 0 Å². The molecule has 0 radical (unpaired) electrons. The van der Waals surface area contributed by atoms with E-state index in [4.69, 9.17) is 4.42 Å². The van der Waals surface area contributed by atoms with Gasteiger partial charge in [-0.05, 0) is 39.8 Å². The van der Waals surface area contributed by atoms with Gasteiger partial charge in [0.05, 0.1) is 4.87 Å². The number of aromatic nitrogens is 2. The van der Waals surface area contributed by atoms with Crippen LogP contribution in [-0.2, 0) is 0 Å². The van der Waals surface area contributed by atoms with Crippen LogP contribution in [0.4, 0.5) is 0 Å². The highest BCUT2D eigenvalue weighted by atomic mass is 32.2. The van der Waals surface area contributed by atoms with E-state index >= 15 is 0 Å². The van der Waals surface area contributed by atoms with Crippen LogP contribution in [0.5, 0.6) is 0 Å². The van der Waals surface area contributed by atoms with Gasteiger partial charge in [-0.15, -0.1) is 22.0 Å². The van der Waals surface area contributed by atoms with E-state index in [1.54, 1.807) is 0 Å². The number of hydrogen-bond donors (Lipinski definition) is 1. The fourth-order valence-electron chi connectivity index (χ4n) is 2.68. The molecular formula is C15H19N3OS. The second-order valence-corrected chi connectivity index (χ2v) is 8.38. The molecule has 5 heteroatoms. The Bertz CT molecular complexity index is 607. The fourth-order valence-corrected chi connectivity index (χ4v) is 4.44. The molecule has 106 valence electrons. The summed E-state index contributed by atoms with van der Waals surface area (Å²) in [6.45, 7) is 8.76. The van der Waals surface area contributed by atoms with Crippen molar-refractivity contribution in [3.63, 3.8) is 0 Å². The minimum atomic E-state index is 0.00947. The molecule has 1 aliphatic rings. The van der Waals surface area contributed by atoms with Gasteiger partial charge in [0, 0.05) is 10.3 Å². The van der Waals surface area contributed by atoms with Gasteiger partial charge in [0.15, 0.2) is 0 Å². The number of thioether (sulfide) groups is 1. The third-order valence-electron chi connectivity index (χ3n) is 3.41. The van der Waals surface area contributed by atoms with E-state index in [2.05, 4.69) is 43.2 Å². The van der Waals surface area contributed by atoms with Gasteiger partial charge in [-0.25, -0.2) is 0 Å². The summed E-state index contributed by atoms with van der Waals surface area (Å²) in [6.07, 6.45) is 0. The molecule has 1 aliphatic heterocycles. The first-order valence-corrected chi connectivity index (χ1v) is 7.56. The Morgan fingerprint density at radius 3 is 2.40 bits per heavy atom. The average Bonchev–Trinajstić information content (AvgIpc) is 2.92. The number of hydrogen-bond acceptors (Lipinski definition) is 5. The molecule has 0 aliphatic carbocycles. The smallest absolute Gasteiger partial charge is 0.247 e. The number of rotatable bonds is 2. The van der Waals surface area contributed by atoms with E-state index in [1.807, 2.05) is 42.1 Å². The molecule has 2 heterocycles. The Kier molecular flexibility index (Phi) is 3.14. The Hall–Kier alpha value is -1.33. The summed E-state index contributed by atoms with van der Waals surface area (Å²) >= 11 is 1.89. The van der Waals surface area contributed by atoms with E-state index in [1.165, 1.54) is 0 Å². The van der Waals surface area contributed by atoms with Crippen LogP contribution >= 0.6 is 11.8 Å². The van der Waals surface area contributed by atoms with Gasteiger partial charge in [-0.3, -0.25) is 5.32 Å². The van der Waals surface area contributed by atoms with Crippen LogP contribution in [0, 0.1) is 0 Å². The summed E-state index contributed by atoms with van der Waals surface area (Å²) < 4.78 is 5.90. The molecule has 1 aromatic heterocycles. The second kappa shape index (κ2) is 4.60. The third kappa shape index (κ3) is 2.47. The molecule has 0 saturated carbocycles. The zero-order valence-electron chi connectivity index (χ0n) is 12.2. The van der Waals surface area contributed by atoms with Crippen molar-refractivity contribution in [3.05, 3.63) is 36.2 Å². The minimum Gasteiger partial charge on any atom is -0.419 e. The Balaban J connectivity index is 1.91. The first kappa shape index (κ1) is 13.6. The molecule has 0 spiro atoms. The molecule has 20 heavy (non-hydrogen) atoms. The first-order valence-electron chi connectivity index (χ1n) is 6.74. The van der Waals surface area contributed by atoms with Gasteiger partial charge < -0.3 is 4.42 Å². The lowest BCUT2D eigenvalue weighted by Crippen LogP contribution is -2.34. The van der Waals surface area contributed by atoms with Crippen LogP contribution in [0.15, 0.2) is 34.7 Å². The van der Waals surface area contributed by atoms with Crippen LogP contribution in [0.2, 0.25) is 0 Å². The lowest BCUT2D eigenvalue weighted by Gasteiger charge is -2.22. The standard InChI is InChI=1S/C15H19N3OS/c1-14(2)11(16-15(3,4)20-14)13-18-17-12(19-13)10-8-6-5-7-9-10/h5-9,11,16H,1-4H3/t11-/m1/s1. The summed E-state index contributed by atoms with van der Waals surface area (Å²) in [7, 11) is 0. The van der Waals surface area contributed by atoms with Gasteiger partial charge in [-0.1, -0.05) is 18.2 Å². The van der Waals surface area contributed by atoms with Crippen molar-refractivity contribution in [1.82, 2.24) is 15.5 Å². The maximum absolute atomic E-state index is 5.88. The topological polar surface area (TPSA) is 51.0 Å². The fraction of sp³-hybridized carbons (Fsp3) is 0.467. The van der Waals surface area contributed by atoms with E-state index in [-0.39, 0.29) is 15.7 Å². The molecule has 0 bridgehead atoms. The van der Waals surface area contributed by atoms with E-state index in [9.17, 15) is 0 Å². The van der Waals surface area contributed by atoms with E-state index < -0.39 is 0 Å². The number of benzene rings is 1. The highest BCUT2D eigenvalue weighted by Gasteiger charge is 2.48. The maximum atomic E-state index is 5.88. The summed E-state index contributed by atoms with van der Waals surface area (Å²) in [5.41, 5.74) is 0.953. The molecule has 1 fully saturated rings. The van der Waals surface area contributed by atoms with Crippen molar-refractivity contribution < 1.29 is 4.42 Å². The zero-order chi connectivity index (χ0) is 14.4. The van der Waals surface area contributed by atoms with Gasteiger partial charge in [0.2, 0.25) is 11.8 Å². The molecule has 3 rings (SSSR count). The molecule has 1 atom stereocenters. The average molecular weight is 289 g/mol. The number of nitrogens with one attached hydrogen (secondary N) is 1. The van der Waals surface area contributed by atoms with Gasteiger partial charge in [-0.2, -0.15) is 0 Å².